The first-order chi connectivity index (χ1) is 7.49. The molecule has 0 aliphatic carbocycles. The lowest BCUT2D eigenvalue weighted by Crippen LogP contribution is -2.40. The van der Waals surface area contributed by atoms with Crippen LogP contribution in [0.15, 0.2) is 12.3 Å². The summed E-state index contributed by atoms with van der Waals surface area (Å²) in [7, 11) is 3.70. The second kappa shape index (κ2) is 5.12. The number of aromatic nitrogens is 2. The summed E-state index contributed by atoms with van der Waals surface area (Å²) in [4.78, 5) is 12.9. The molecule has 1 N–H and O–H groups in total. The van der Waals surface area contributed by atoms with Crippen molar-refractivity contribution in [2.24, 2.45) is 7.05 Å². The van der Waals surface area contributed by atoms with Crippen LogP contribution in [0, 0.1) is 0 Å². The number of likely N-dealkylation sites (N-methyl/N-ethyl adjacent to an activating group) is 1. The van der Waals surface area contributed by atoms with E-state index < -0.39 is 12.0 Å². The Balaban J connectivity index is 2.85. The monoisotopic (exact) mass is 225 g/mol. The van der Waals surface area contributed by atoms with Gasteiger partial charge in [0.2, 0.25) is 0 Å². The predicted molar refractivity (Wildman–Crippen MR) is 61.1 cm³/mol. The fourth-order valence-corrected chi connectivity index (χ4v) is 1.91. The average molecular weight is 225 g/mol. The number of aryl methyl sites for hydroxylation is 1. The fourth-order valence-electron chi connectivity index (χ4n) is 1.91. The fraction of sp³-hybridized carbons (Fsp3) is 0.636. The number of carboxylic acids is 1. The highest BCUT2D eigenvalue weighted by Crippen LogP contribution is 2.21. The minimum atomic E-state index is -0.779. The van der Waals surface area contributed by atoms with Crippen molar-refractivity contribution in [1.29, 1.82) is 0 Å². The molecule has 1 heterocycles. The summed E-state index contributed by atoms with van der Waals surface area (Å²) in [5.41, 5.74) is 1.02. The zero-order chi connectivity index (χ0) is 12.3. The highest BCUT2D eigenvalue weighted by molar-refractivity contribution is 5.73. The smallest absolute Gasteiger partial charge is 0.320 e. The zero-order valence-electron chi connectivity index (χ0n) is 10.2. The third kappa shape index (κ3) is 2.41. The van der Waals surface area contributed by atoms with E-state index in [0.29, 0.717) is 6.42 Å². The number of carboxylic acid groups (broad SMARTS) is 1. The van der Waals surface area contributed by atoms with Gasteiger partial charge in [-0.05, 0) is 26.5 Å². The largest absolute Gasteiger partial charge is 0.480 e. The van der Waals surface area contributed by atoms with Gasteiger partial charge in [-0.3, -0.25) is 14.4 Å². The third-order valence-electron chi connectivity index (χ3n) is 3.06. The highest BCUT2D eigenvalue weighted by Gasteiger charge is 2.26. The van der Waals surface area contributed by atoms with E-state index in [2.05, 4.69) is 5.10 Å². The predicted octanol–water partition coefficient (Wildman–Crippen LogP) is 1.28. The van der Waals surface area contributed by atoms with Crippen LogP contribution in [0.5, 0.6) is 0 Å². The van der Waals surface area contributed by atoms with Crippen LogP contribution in [0.4, 0.5) is 0 Å². The van der Waals surface area contributed by atoms with Crippen LogP contribution in [0.2, 0.25) is 0 Å². The number of rotatable bonds is 5. The first kappa shape index (κ1) is 12.7. The zero-order valence-corrected chi connectivity index (χ0v) is 10.2. The molecule has 1 aromatic heterocycles. The molecule has 0 fully saturated rings. The summed E-state index contributed by atoms with van der Waals surface area (Å²) < 4.78 is 1.77. The molecule has 0 spiro atoms. The Morgan fingerprint density at radius 3 is 2.69 bits per heavy atom. The van der Waals surface area contributed by atoms with Gasteiger partial charge in [-0.25, -0.2) is 0 Å². The van der Waals surface area contributed by atoms with E-state index in [-0.39, 0.29) is 6.04 Å². The van der Waals surface area contributed by atoms with Crippen molar-refractivity contribution in [1.82, 2.24) is 14.7 Å². The van der Waals surface area contributed by atoms with E-state index in [0.717, 1.165) is 5.69 Å². The van der Waals surface area contributed by atoms with Crippen LogP contribution in [0.1, 0.15) is 32.0 Å². The van der Waals surface area contributed by atoms with Gasteiger partial charge in [0.15, 0.2) is 0 Å². The van der Waals surface area contributed by atoms with Crippen LogP contribution in [0.3, 0.4) is 0 Å². The van der Waals surface area contributed by atoms with Crippen molar-refractivity contribution >= 4 is 5.97 Å². The molecule has 5 heteroatoms. The lowest BCUT2D eigenvalue weighted by atomic mass is 10.1. The van der Waals surface area contributed by atoms with E-state index in [4.69, 9.17) is 5.11 Å². The van der Waals surface area contributed by atoms with Crippen molar-refractivity contribution < 1.29 is 9.90 Å². The lowest BCUT2D eigenvalue weighted by molar-refractivity contribution is -0.143. The van der Waals surface area contributed by atoms with Gasteiger partial charge in [-0.2, -0.15) is 5.10 Å². The second-order valence-corrected chi connectivity index (χ2v) is 3.98. The lowest BCUT2D eigenvalue weighted by Gasteiger charge is -2.29. The van der Waals surface area contributed by atoms with Crippen molar-refractivity contribution in [3.8, 4) is 0 Å². The van der Waals surface area contributed by atoms with Gasteiger partial charge in [0.25, 0.3) is 0 Å². The normalized spacial score (nSPS) is 15.1. The van der Waals surface area contributed by atoms with Crippen LogP contribution in [0.25, 0.3) is 0 Å². The van der Waals surface area contributed by atoms with Crippen LogP contribution in [-0.4, -0.2) is 38.8 Å². The number of aliphatic carboxylic acids is 1. The molecule has 0 radical (unpaired) electrons. The van der Waals surface area contributed by atoms with Gasteiger partial charge in [-0.1, -0.05) is 6.92 Å². The maximum atomic E-state index is 11.1. The Kier molecular flexibility index (Phi) is 4.06. The van der Waals surface area contributed by atoms with Crippen LogP contribution >= 0.6 is 0 Å². The van der Waals surface area contributed by atoms with E-state index in [1.807, 2.05) is 38.9 Å². The first-order valence-electron chi connectivity index (χ1n) is 5.41. The highest BCUT2D eigenvalue weighted by atomic mass is 16.4. The molecular weight excluding hydrogens is 206 g/mol. The van der Waals surface area contributed by atoms with Crippen LogP contribution in [-0.2, 0) is 11.8 Å². The van der Waals surface area contributed by atoms with Gasteiger partial charge in [-0.15, -0.1) is 0 Å². The SMILES string of the molecule is CCC(C(=O)O)N(C)C(C)c1ccnn1C. The molecule has 0 aromatic carbocycles. The van der Waals surface area contributed by atoms with Gasteiger partial charge in [0.05, 0.1) is 5.69 Å². The quantitative estimate of drug-likeness (QED) is 0.820. The molecule has 16 heavy (non-hydrogen) atoms. The topological polar surface area (TPSA) is 58.4 Å². The molecule has 1 aromatic rings. The Labute approximate surface area is 95.7 Å². The molecule has 0 amide bonds. The molecule has 2 unspecified atom stereocenters. The molecule has 0 saturated carbocycles. The van der Waals surface area contributed by atoms with Gasteiger partial charge >= 0.3 is 5.97 Å². The number of hydrogen-bond acceptors (Lipinski definition) is 3. The molecule has 0 saturated heterocycles. The van der Waals surface area contributed by atoms with Gasteiger partial charge in [0.1, 0.15) is 6.04 Å². The number of hydrogen-bond donors (Lipinski definition) is 1. The second-order valence-electron chi connectivity index (χ2n) is 3.98. The minimum absolute atomic E-state index is 0.0357. The van der Waals surface area contributed by atoms with Gasteiger partial charge < -0.3 is 5.11 Å². The minimum Gasteiger partial charge on any atom is -0.480 e. The summed E-state index contributed by atoms with van der Waals surface area (Å²) in [6, 6.07) is 1.49. The van der Waals surface area contributed by atoms with Crippen molar-refractivity contribution in [3.63, 3.8) is 0 Å². The summed E-state index contributed by atoms with van der Waals surface area (Å²) >= 11 is 0. The van der Waals surface area contributed by atoms with E-state index in [1.165, 1.54) is 0 Å². The van der Waals surface area contributed by atoms with Gasteiger partial charge in [0, 0.05) is 19.3 Å². The standard InChI is InChI=1S/C11H19N3O2/c1-5-9(11(15)16)13(3)8(2)10-6-7-12-14(10)4/h6-9H,5H2,1-4H3,(H,15,16). The number of nitrogens with zero attached hydrogens (tertiary/aromatic N) is 3. The maximum absolute atomic E-state index is 11.1. The molecular formula is C11H19N3O2. The third-order valence-corrected chi connectivity index (χ3v) is 3.06. The molecule has 0 aliphatic heterocycles. The Morgan fingerprint density at radius 1 is 1.69 bits per heavy atom. The van der Waals surface area contributed by atoms with Crippen molar-refractivity contribution in [2.45, 2.75) is 32.4 Å². The summed E-state index contributed by atoms with van der Waals surface area (Å²) in [5, 5.41) is 13.2. The van der Waals surface area contributed by atoms with E-state index >= 15 is 0 Å². The summed E-state index contributed by atoms with van der Waals surface area (Å²) in [6.45, 7) is 3.87. The maximum Gasteiger partial charge on any atom is 0.320 e. The van der Waals surface area contributed by atoms with E-state index in [1.54, 1.807) is 10.9 Å². The molecule has 5 nitrogen and oxygen atoms in total. The summed E-state index contributed by atoms with van der Waals surface area (Å²) in [6.07, 6.45) is 2.31. The van der Waals surface area contributed by atoms with E-state index in [9.17, 15) is 4.79 Å². The Morgan fingerprint density at radius 2 is 2.31 bits per heavy atom. The Bertz CT molecular complexity index is 362. The number of carbonyl (C=O) groups is 1. The van der Waals surface area contributed by atoms with Crippen LogP contribution < -0.4 is 0 Å². The Hall–Kier alpha value is -1.36. The molecule has 0 aliphatic rings. The van der Waals surface area contributed by atoms with Crippen molar-refractivity contribution in [3.05, 3.63) is 18.0 Å². The molecule has 1 rings (SSSR count). The average Bonchev–Trinajstić information content (AvgIpc) is 2.63. The molecule has 90 valence electrons. The van der Waals surface area contributed by atoms with Crippen molar-refractivity contribution in [2.75, 3.05) is 7.05 Å². The first-order valence-corrected chi connectivity index (χ1v) is 5.41. The molecule has 0 bridgehead atoms. The molecule has 2 atom stereocenters. The summed E-state index contributed by atoms with van der Waals surface area (Å²) in [5.74, 6) is -0.779.